The van der Waals surface area contributed by atoms with E-state index in [-0.39, 0.29) is 22.8 Å². The molecule has 2 aliphatic heterocycles. The van der Waals surface area contributed by atoms with Gasteiger partial charge in [-0.25, -0.2) is 4.98 Å². The van der Waals surface area contributed by atoms with Gasteiger partial charge in [0.15, 0.2) is 0 Å². The first-order valence-electron chi connectivity index (χ1n) is 9.74. The van der Waals surface area contributed by atoms with Crippen molar-refractivity contribution in [1.29, 1.82) is 0 Å². The Morgan fingerprint density at radius 1 is 1.25 bits per heavy atom. The van der Waals surface area contributed by atoms with Crippen LogP contribution < -0.4 is 10.5 Å². The predicted molar refractivity (Wildman–Crippen MR) is 106 cm³/mol. The van der Waals surface area contributed by atoms with Crippen molar-refractivity contribution < 1.29 is 9.53 Å². The Bertz CT molecular complexity index is 868. The van der Waals surface area contributed by atoms with Crippen molar-refractivity contribution in [2.45, 2.75) is 18.3 Å². The van der Waals surface area contributed by atoms with Gasteiger partial charge in [-0.1, -0.05) is 30.3 Å². The molecule has 1 amide bonds. The first kappa shape index (κ1) is 18.7. The number of aromatic amines is 1. The number of likely N-dealkylation sites (tertiary alicyclic amines) is 1. The summed E-state index contributed by atoms with van der Waals surface area (Å²) in [4.78, 5) is 35.3. The van der Waals surface area contributed by atoms with Gasteiger partial charge in [0.25, 0.3) is 5.56 Å². The number of benzene rings is 1. The molecule has 2 aliphatic rings. The van der Waals surface area contributed by atoms with E-state index in [9.17, 15) is 9.59 Å². The number of rotatable bonds is 5. The largest absolute Gasteiger partial charge is 0.384 e. The van der Waals surface area contributed by atoms with E-state index >= 15 is 0 Å². The third-order valence-corrected chi connectivity index (χ3v) is 5.94. The van der Waals surface area contributed by atoms with Crippen LogP contribution >= 0.6 is 0 Å². The number of anilines is 1. The van der Waals surface area contributed by atoms with Crippen LogP contribution in [0.15, 0.2) is 47.5 Å². The van der Waals surface area contributed by atoms with Gasteiger partial charge in [0.05, 0.1) is 18.3 Å². The third-order valence-electron chi connectivity index (χ3n) is 5.94. The highest BCUT2D eigenvalue weighted by Crippen LogP contribution is 2.37. The van der Waals surface area contributed by atoms with Crippen molar-refractivity contribution in [3.63, 3.8) is 0 Å². The Labute approximate surface area is 164 Å². The minimum absolute atomic E-state index is 0.0366. The monoisotopic (exact) mass is 382 g/mol. The van der Waals surface area contributed by atoms with E-state index in [1.165, 1.54) is 18.0 Å². The van der Waals surface area contributed by atoms with Gasteiger partial charge in [-0.15, -0.1) is 0 Å². The Balaban J connectivity index is 1.36. The fourth-order valence-corrected chi connectivity index (χ4v) is 4.41. The number of hydrogen-bond donors (Lipinski definition) is 1. The first-order chi connectivity index (χ1) is 13.6. The summed E-state index contributed by atoms with van der Waals surface area (Å²) >= 11 is 0. The average molecular weight is 382 g/mol. The number of hydrogen-bond acceptors (Lipinski definition) is 5. The predicted octanol–water partition coefficient (Wildman–Crippen LogP) is 1.41. The molecule has 0 bridgehead atoms. The van der Waals surface area contributed by atoms with Crippen LogP contribution in [0.1, 0.15) is 18.4 Å². The number of amides is 1. The molecule has 1 aromatic carbocycles. The molecule has 2 fully saturated rings. The molecule has 148 valence electrons. The van der Waals surface area contributed by atoms with Crippen molar-refractivity contribution in [3.8, 4) is 0 Å². The van der Waals surface area contributed by atoms with E-state index in [4.69, 9.17) is 4.74 Å². The van der Waals surface area contributed by atoms with E-state index in [2.05, 4.69) is 27.0 Å². The SMILES string of the molecule is COCC1(c2ccccc2)CN(C(=O)C2CCN(c3cc(=O)[nH]cn3)CC2)C1. The van der Waals surface area contributed by atoms with E-state index in [0.29, 0.717) is 25.5 Å². The molecule has 28 heavy (non-hydrogen) atoms. The van der Waals surface area contributed by atoms with Crippen LogP contribution in [0.5, 0.6) is 0 Å². The van der Waals surface area contributed by atoms with E-state index in [1.807, 2.05) is 23.1 Å². The van der Waals surface area contributed by atoms with Gasteiger partial charge in [-0.05, 0) is 18.4 Å². The minimum Gasteiger partial charge on any atom is -0.384 e. The summed E-state index contributed by atoms with van der Waals surface area (Å²) < 4.78 is 5.47. The molecule has 0 unspecified atom stereocenters. The fourth-order valence-electron chi connectivity index (χ4n) is 4.41. The molecule has 0 radical (unpaired) electrons. The zero-order valence-corrected chi connectivity index (χ0v) is 16.1. The Hall–Kier alpha value is -2.67. The van der Waals surface area contributed by atoms with Gasteiger partial charge in [-0.3, -0.25) is 9.59 Å². The molecular weight excluding hydrogens is 356 g/mol. The summed E-state index contributed by atoms with van der Waals surface area (Å²) in [6.07, 6.45) is 2.99. The van der Waals surface area contributed by atoms with Gasteiger partial charge >= 0.3 is 0 Å². The van der Waals surface area contributed by atoms with Gasteiger partial charge in [-0.2, -0.15) is 0 Å². The zero-order chi connectivity index (χ0) is 19.6. The number of H-pyrrole nitrogens is 1. The summed E-state index contributed by atoms with van der Waals surface area (Å²) in [5, 5.41) is 0. The summed E-state index contributed by atoms with van der Waals surface area (Å²) in [6.45, 7) is 3.51. The van der Waals surface area contributed by atoms with Crippen LogP contribution in [0.25, 0.3) is 0 Å². The lowest BCUT2D eigenvalue weighted by Gasteiger charge is -2.51. The second-order valence-electron chi connectivity index (χ2n) is 7.80. The lowest BCUT2D eigenvalue weighted by atomic mass is 9.73. The quantitative estimate of drug-likeness (QED) is 0.846. The van der Waals surface area contributed by atoms with Crippen molar-refractivity contribution in [2.75, 3.05) is 44.8 Å². The number of carbonyl (C=O) groups excluding carboxylic acids is 1. The molecule has 1 aromatic heterocycles. The molecule has 0 spiro atoms. The van der Waals surface area contributed by atoms with Crippen molar-refractivity contribution >= 4 is 11.7 Å². The van der Waals surface area contributed by atoms with Crippen LogP contribution in [0.3, 0.4) is 0 Å². The second kappa shape index (κ2) is 7.75. The number of nitrogens with zero attached hydrogens (tertiary/aromatic N) is 3. The highest BCUT2D eigenvalue weighted by molar-refractivity contribution is 5.80. The number of aromatic nitrogens is 2. The van der Waals surface area contributed by atoms with Crippen LogP contribution in [-0.2, 0) is 14.9 Å². The first-order valence-corrected chi connectivity index (χ1v) is 9.74. The maximum absolute atomic E-state index is 13.0. The average Bonchev–Trinajstić information content (AvgIpc) is 2.71. The Morgan fingerprint density at radius 3 is 2.61 bits per heavy atom. The summed E-state index contributed by atoms with van der Waals surface area (Å²) in [6, 6.07) is 11.8. The van der Waals surface area contributed by atoms with E-state index in [0.717, 1.165) is 25.9 Å². The third kappa shape index (κ3) is 3.54. The smallest absolute Gasteiger partial charge is 0.252 e. The second-order valence-corrected chi connectivity index (χ2v) is 7.80. The Kier molecular flexibility index (Phi) is 5.17. The molecule has 2 saturated heterocycles. The molecule has 0 atom stereocenters. The summed E-state index contributed by atoms with van der Waals surface area (Å²) in [5.41, 5.74) is 0.983. The van der Waals surface area contributed by atoms with Crippen molar-refractivity contribution in [3.05, 3.63) is 58.6 Å². The van der Waals surface area contributed by atoms with E-state index in [1.54, 1.807) is 7.11 Å². The molecule has 7 nitrogen and oxygen atoms in total. The number of nitrogens with one attached hydrogen (secondary N) is 1. The normalized spacial score (nSPS) is 19.3. The van der Waals surface area contributed by atoms with Gasteiger partial charge in [0.1, 0.15) is 5.82 Å². The van der Waals surface area contributed by atoms with Gasteiger partial charge < -0.3 is 19.5 Å². The van der Waals surface area contributed by atoms with Crippen molar-refractivity contribution in [1.82, 2.24) is 14.9 Å². The lowest BCUT2D eigenvalue weighted by molar-refractivity contribution is -0.146. The highest BCUT2D eigenvalue weighted by Gasteiger charge is 2.47. The molecule has 1 N–H and O–H groups in total. The van der Waals surface area contributed by atoms with Crippen molar-refractivity contribution in [2.24, 2.45) is 5.92 Å². The summed E-state index contributed by atoms with van der Waals surface area (Å²) in [5.74, 6) is 0.956. The highest BCUT2D eigenvalue weighted by atomic mass is 16.5. The molecular formula is C21H26N4O3. The maximum atomic E-state index is 13.0. The molecule has 7 heteroatoms. The van der Waals surface area contributed by atoms with Crippen LogP contribution in [-0.4, -0.2) is 60.7 Å². The maximum Gasteiger partial charge on any atom is 0.252 e. The zero-order valence-electron chi connectivity index (χ0n) is 16.1. The fraction of sp³-hybridized carbons (Fsp3) is 0.476. The van der Waals surface area contributed by atoms with Gasteiger partial charge in [0.2, 0.25) is 5.91 Å². The number of ether oxygens (including phenoxy) is 1. The Morgan fingerprint density at radius 2 is 1.96 bits per heavy atom. The summed E-state index contributed by atoms with van der Waals surface area (Å²) in [7, 11) is 1.72. The lowest BCUT2D eigenvalue weighted by Crippen LogP contribution is -2.64. The number of piperidine rings is 1. The molecule has 0 aliphatic carbocycles. The van der Waals surface area contributed by atoms with Crippen LogP contribution in [0.2, 0.25) is 0 Å². The topological polar surface area (TPSA) is 78.5 Å². The number of methoxy groups -OCH3 is 1. The molecule has 4 rings (SSSR count). The van der Waals surface area contributed by atoms with Gasteiger partial charge in [0, 0.05) is 45.3 Å². The van der Waals surface area contributed by atoms with Crippen LogP contribution in [0.4, 0.5) is 5.82 Å². The minimum atomic E-state index is -0.154. The number of carbonyl (C=O) groups is 1. The molecule has 2 aromatic rings. The van der Waals surface area contributed by atoms with Crippen LogP contribution in [0, 0.1) is 5.92 Å². The molecule has 0 saturated carbocycles. The van der Waals surface area contributed by atoms with E-state index < -0.39 is 0 Å². The molecule has 3 heterocycles. The standard InChI is InChI=1S/C21H26N4O3/c1-28-14-21(17-5-3-2-4-6-17)12-25(13-21)20(27)16-7-9-24(10-8-16)18-11-19(26)23-15-22-18/h2-6,11,15-16H,7-10,12-14H2,1H3,(H,22,23,26).